The number of nitrogen functional groups attached to an aromatic ring is 1. The third kappa shape index (κ3) is 12.4. The van der Waals surface area contributed by atoms with Crippen LogP contribution in [0, 0.1) is 17.0 Å². The van der Waals surface area contributed by atoms with Crippen LogP contribution in [0.2, 0.25) is 0 Å². The molecule has 7 aromatic rings. The second-order valence-electron chi connectivity index (χ2n) is 16.0. The molecule has 7 aromatic carbocycles. The second-order valence-corrected chi connectivity index (χ2v) is 25.0. The summed E-state index contributed by atoms with van der Waals surface area (Å²) >= 11 is 0. The van der Waals surface area contributed by atoms with Gasteiger partial charge in [-0.3, -0.25) is 32.9 Å². The van der Waals surface area contributed by atoms with Gasteiger partial charge in [0.2, 0.25) is 0 Å². The molecule has 38 heteroatoms. The summed E-state index contributed by atoms with van der Waals surface area (Å²) in [6, 6.07) is 13.2. The zero-order valence-corrected chi connectivity index (χ0v) is 43.8. The molecule has 0 bridgehead atoms. The molecule has 0 aliphatic carbocycles. The predicted molar refractivity (Wildman–Crippen MR) is 271 cm³/mol. The first kappa shape index (κ1) is 58.4. The summed E-state index contributed by atoms with van der Waals surface area (Å²) in [6.07, 6.45) is 0. The molecule has 10 N–H and O–H groups in total. The van der Waals surface area contributed by atoms with Crippen LogP contribution in [-0.4, -0.2) is 106 Å². The number of anilines is 1. The van der Waals surface area contributed by atoms with E-state index in [4.69, 9.17) is 10.8 Å². The molecule has 32 nitrogen and oxygen atoms in total. The number of aryl methyl sites for hydroxylation is 1. The van der Waals surface area contributed by atoms with Gasteiger partial charge in [-0.25, -0.2) is 8.42 Å². The summed E-state index contributed by atoms with van der Waals surface area (Å²) in [5.74, 6) is -3.02. The van der Waals surface area contributed by atoms with Gasteiger partial charge in [0.15, 0.2) is 21.3 Å². The van der Waals surface area contributed by atoms with E-state index in [2.05, 4.69) is 40.9 Å². The highest BCUT2D eigenvalue weighted by molar-refractivity contribution is 7.91. The molecular weight excluding hydrogens is 1180 g/mol. The maximum absolute atomic E-state index is 13.1. The number of non-ortho nitro benzene ring substituents is 1. The summed E-state index contributed by atoms with van der Waals surface area (Å²) in [5.41, 5.74) is -0.516. The Bertz CT molecular complexity index is 4620. The SMILES string of the molecule is Cc1cc(N=Nc2ccc3c(O)c(N=Nc4ccc(N=Nc5ccc(S(=O)(=O)CCO)cc5)cc4S(=O)(=O)O)c(S(=O)(=O)O)cc3c2S(=O)(=O)O)c(N)c2c(O)c(N=Nc3ccc([N+](=O)[O-])cc3S(=O)(=O)O)c(S(=O)(=O)O)cc12. The highest BCUT2D eigenvalue weighted by Gasteiger charge is 2.30. The fourth-order valence-electron chi connectivity index (χ4n) is 7.26. The number of hydrogen-bond acceptors (Lipinski definition) is 26. The minimum atomic E-state index is -5.61. The number of nitro groups is 1. The monoisotopic (exact) mass is 1210 g/mol. The number of sulfone groups is 1. The molecule has 0 saturated carbocycles. The van der Waals surface area contributed by atoms with Crippen LogP contribution in [0.4, 0.5) is 56.9 Å². The average molecular weight is 1210 g/mol. The largest absolute Gasteiger partial charge is 0.505 e. The lowest BCUT2D eigenvalue weighted by Gasteiger charge is -2.14. The Morgan fingerprint density at radius 3 is 1.49 bits per heavy atom. The van der Waals surface area contributed by atoms with E-state index in [-0.39, 0.29) is 27.2 Å². The van der Waals surface area contributed by atoms with Crippen LogP contribution in [0.3, 0.4) is 0 Å². The quantitative estimate of drug-likeness (QED) is 0.0138. The predicted octanol–water partition coefficient (Wildman–Crippen LogP) is 7.86. The molecule has 0 radical (unpaired) electrons. The maximum atomic E-state index is 13.1. The normalized spacial score (nSPS) is 13.3. The summed E-state index contributed by atoms with van der Waals surface area (Å²) < 4.78 is 201. The molecule has 0 unspecified atom stereocenters. The first-order valence-corrected chi connectivity index (χ1v) is 29.7. The van der Waals surface area contributed by atoms with Gasteiger partial charge in [0.05, 0.1) is 44.6 Å². The van der Waals surface area contributed by atoms with Gasteiger partial charge in [-0.1, -0.05) is 0 Å². The Morgan fingerprint density at radius 1 is 0.494 bits per heavy atom. The Kier molecular flexibility index (Phi) is 15.6. The molecule has 0 fully saturated rings. The number of azo groups is 4. The maximum Gasteiger partial charge on any atom is 0.297 e. The number of nitrogens with zero attached hydrogens (tertiary/aromatic N) is 9. The highest BCUT2D eigenvalue weighted by Crippen LogP contribution is 2.49. The Morgan fingerprint density at radius 2 is 0.962 bits per heavy atom. The van der Waals surface area contributed by atoms with Crippen molar-refractivity contribution in [1.82, 2.24) is 0 Å². The summed E-state index contributed by atoms with van der Waals surface area (Å²) in [5, 5.41) is 70.5. The van der Waals surface area contributed by atoms with Crippen LogP contribution in [0.1, 0.15) is 5.56 Å². The van der Waals surface area contributed by atoms with Crippen molar-refractivity contribution < 1.29 is 93.5 Å². The molecule has 0 aliphatic rings. The number of aromatic hydroxyl groups is 2. The van der Waals surface area contributed by atoms with E-state index in [0.717, 1.165) is 48.5 Å². The standard InChI is InChI=1S/C41H32N10O22S6/c1-19-14-30(36(42)35-25(19)17-33(77(65,66)67)38(40(35)54)50-46-28-10-5-22(51(55)56)16-32(28)76(62,63)64)48-47-29-11-8-24-26(41(29)79(71,72)73)18-34(78(68,69)70)37(39(24)53)49-45-27-9-4-21(15-31(27)75(59,60)61)44-43-20-2-6-23(7-3-20)74(57,58)13-12-52/h2-11,14-18,52-54H,12-13,42H2,1H3,(H,59,60,61)(H,62,63,64)(H,65,66,67)(H,68,69,70)(H,71,72,73). The fraction of sp³-hybridized carbons (Fsp3) is 0.0732. The molecular formula is C41H32N10O22S6. The highest BCUT2D eigenvalue weighted by atomic mass is 32.2. The van der Waals surface area contributed by atoms with Crippen molar-refractivity contribution in [2.45, 2.75) is 36.3 Å². The van der Waals surface area contributed by atoms with Crippen molar-refractivity contribution in [3.63, 3.8) is 0 Å². The number of phenolic OH excluding ortho intramolecular Hbond substituents is 2. The van der Waals surface area contributed by atoms with Crippen molar-refractivity contribution >= 4 is 139 Å². The van der Waals surface area contributed by atoms with Gasteiger partial charge in [0.25, 0.3) is 56.3 Å². The van der Waals surface area contributed by atoms with E-state index in [0.29, 0.717) is 18.2 Å². The number of hydrogen-bond donors (Lipinski definition) is 9. The molecule has 0 atom stereocenters. The number of fused-ring (bicyclic) bond motifs is 2. The molecule has 0 amide bonds. The number of aliphatic hydroxyl groups is 1. The Balaban J connectivity index is 1.32. The molecule has 7 rings (SSSR count). The van der Waals surface area contributed by atoms with Gasteiger partial charge >= 0.3 is 0 Å². The molecule has 0 aromatic heterocycles. The smallest absolute Gasteiger partial charge is 0.297 e. The lowest BCUT2D eigenvalue weighted by Crippen LogP contribution is -2.09. The number of rotatable bonds is 17. The van der Waals surface area contributed by atoms with Gasteiger partial charge in [-0.2, -0.15) is 52.3 Å². The van der Waals surface area contributed by atoms with Gasteiger partial charge in [-0.15, -0.1) is 30.7 Å². The van der Waals surface area contributed by atoms with Crippen molar-refractivity contribution in [2.24, 2.45) is 40.9 Å². The zero-order chi connectivity index (χ0) is 58.5. The topological polar surface area (TPSA) is 535 Å². The molecule has 0 aliphatic heterocycles. The van der Waals surface area contributed by atoms with Crippen LogP contribution >= 0.6 is 0 Å². The molecule has 79 heavy (non-hydrogen) atoms. The fourth-order valence-corrected chi connectivity index (χ4v) is 11.7. The molecule has 0 saturated heterocycles. The van der Waals surface area contributed by atoms with Crippen LogP contribution in [0.5, 0.6) is 11.5 Å². The van der Waals surface area contributed by atoms with Crippen molar-refractivity contribution in [3.8, 4) is 11.5 Å². The van der Waals surface area contributed by atoms with Gasteiger partial charge in [0, 0.05) is 22.9 Å². The van der Waals surface area contributed by atoms with Crippen LogP contribution in [0.25, 0.3) is 21.5 Å². The third-order valence-electron chi connectivity index (χ3n) is 10.8. The molecule has 414 valence electrons. The minimum absolute atomic E-state index is 0.00944. The van der Waals surface area contributed by atoms with Gasteiger partial charge in [0.1, 0.15) is 58.6 Å². The van der Waals surface area contributed by atoms with Crippen molar-refractivity contribution in [1.29, 1.82) is 0 Å². The second kappa shape index (κ2) is 21.2. The summed E-state index contributed by atoms with van der Waals surface area (Å²) in [6.45, 7) is 0.654. The van der Waals surface area contributed by atoms with E-state index in [1.54, 1.807) is 0 Å². The number of nitrogens with two attached hydrogens (primary N) is 1. The first-order valence-electron chi connectivity index (χ1n) is 20.8. The zero-order valence-electron chi connectivity index (χ0n) is 38.9. The van der Waals surface area contributed by atoms with E-state index in [9.17, 15) is 93.6 Å². The van der Waals surface area contributed by atoms with E-state index < -0.39 is 175 Å². The number of nitro benzene ring substituents is 1. The van der Waals surface area contributed by atoms with E-state index >= 15 is 0 Å². The Hall–Kier alpha value is -8.28. The Labute approximate surface area is 443 Å². The average Bonchev–Trinajstić information content (AvgIpc) is 3.52. The van der Waals surface area contributed by atoms with E-state index in [1.165, 1.54) is 31.2 Å². The van der Waals surface area contributed by atoms with Gasteiger partial charge in [-0.05, 0) is 96.7 Å². The van der Waals surface area contributed by atoms with Crippen molar-refractivity contribution in [3.05, 3.63) is 107 Å². The first-order chi connectivity index (χ1) is 36.5. The third-order valence-corrected chi connectivity index (χ3v) is 17.0. The van der Waals surface area contributed by atoms with Crippen LogP contribution in [0.15, 0.2) is 161 Å². The number of aliphatic hydroxyl groups excluding tert-OH is 1. The van der Waals surface area contributed by atoms with Crippen molar-refractivity contribution in [2.75, 3.05) is 18.1 Å². The van der Waals surface area contributed by atoms with E-state index in [1.807, 2.05) is 0 Å². The summed E-state index contributed by atoms with van der Waals surface area (Å²) in [4.78, 5) is 4.00. The molecule has 0 spiro atoms. The van der Waals surface area contributed by atoms with Crippen LogP contribution in [-0.2, 0) is 60.4 Å². The minimum Gasteiger partial charge on any atom is -0.505 e. The number of phenols is 2. The lowest BCUT2D eigenvalue weighted by atomic mass is 10.0. The summed E-state index contributed by atoms with van der Waals surface area (Å²) in [7, 11) is -30.9. The molecule has 0 heterocycles. The van der Waals surface area contributed by atoms with Crippen LogP contribution < -0.4 is 5.73 Å². The van der Waals surface area contributed by atoms with Gasteiger partial charge < -0.3 is 21.1 Å². The number of benzene rings is 7. The lowest BCUT2D eigenvalue weighted by molar-refractivity contribution is -0.385.